The van der Waals surface area contributed by atoms with Crippen molar-refractivity contribution in [2.75, 3.05) is 6.61 Å². The summed E-state index contributed by atoms with van der Waals surface area (Å²) in [4.78, 5) is 13.0. The maximum atomic E-state index is 13.0. The van der Waals surface area contributed by atoms with E-state index < -0.39 is 0 Å². The van der Waals surface area contributed by atoms with E-state index >= 15 is 0 Å². The van der Waals surface area contributed by atoms with Crippen LogP contribution in [0.4, 0.5) is 0 Å². The first kappa shape index (κ1) is 16.8. The smallest absolute Gasteiger partial charge is 0.228 e. The lowest BCUT2D eigenvalue weighted by atomic mass is 9.87. The number of nitrogens with one attached hydrogen (secondary N) is 1. The second-order valence-electron chi connectivity index (χ2n) is 6.51. The summed E-state index contributed by atoms with van der Waals surface area (Å²) in [6.45, 7) is 4.75. The Kier molecular flexibility index (Phi) is 5.10. The van der Waals surface area contributed by atoms with Crippen LogP contribution in [-0.4, -0.2) is 12.5 Å². The molecule has 0 spiro atoms. The predicted molar refractivity (Wildman–Crippen MR) is 96.5 cm³/mol. The number of para-hydroxylation sites is 1. The minimum atomic E-state index is -0.197. The van der Waals surface area contributed by atoms with Crippen LogP contribution >= 0.6 is 11.6 Å². The molecule has 0 radical (unpaired) electrons. The second kappa shape index (κ2) is 7.27. The Morgan fingerprint density at radius 3 is 2.58 bits per heavy atom. The molecule has 24 heavy (non-hydrogen) atoms. The molecule has 0 unspecified atom stereocenters. The van der Waals surface area contributed by atoms with Gasteiger partial charge in [-0.3, -0.25) is 4.79 Å². The van der Waals surface area contributed by atoms with Crippen molar-refractivity contribution in [2.45, 2.75) is 32.2 Å². The van der Waals surface area contributed by atoms with Crippen molar-refractivity contribution >= 4 is 17.5 Å². The number of carbonyl (C=O) groups is 1. The predicted octanol–water partition coefficient (Wildman–Crippen LogP) is 4.72. The van der Waals surface area contributed by atoms with Gasteiger partial charge in [-0.2, -0.15) is 0 Å². The molecule has 4 heteroatoms. The molecule has 0 aromatic heterocycles. The van der Waals surface area contributed by atoms with E-state index in [1.807, 2.05) is 48.5 Å². The molecule has 1 heterocycles. The van der Waals surface area contributed by atoms with Crippen molar-refractivity contribution in [3.63, 3.8) is 0 Å². The molecule has 1 aliphatic rings. The third-order valence-electron chi connectivity index (χ3n) is 4.45. The zero-order valence-electron chi connectivity index (χ0n) is 14.0. The van der Waals surface area contributed by atoms with Gasteiger partial charge in [-0.05, 0) is 29.7 Å². The lowest BCUT2D eigenvalue weighted by Gasteiger charge is -2.29. The Bertz CT molecular complexity index is 712. The molecule has 0 fully saturated rings. The summed E-state index contributed by atoms with van der Waals surface area (Å²) >= 11 is 5.97. The average molecular weight is 344 g/mol. The fourth-order valence-electron chi connectivity index (χ4n) is 3.26. The van der Waals surface area contributed by atoms with Crippen LogP contribution in [0.3, 0.4) is 0 Å². The van der Waals surface area contributed by atoms with Crippen molar-refractivity contribution < 1.29 is 9.53 Å². The number of hydrogen-bond acceptors (Lipinski definition) is 2. The minimum absolute atomic E-state index is 0.00370. The topological polar surface area (TPSA) is 38.3 Å². The molecule has 2 aromatic carbocycles. The van der Waals surface area contributed by atoms with Gasteiger partial charge < -0.3 is 10.1 Å². The Balaban J connectivity index is 1.81. The van der Waals surface area contributed by atoms with Crippen LogP contribution in [0.15, 0.2) is 48.5 Å². The Morgan fingerprint density at radius 1 is 1.17 bits per heavy atom. The van der Waals surface area contributed by atoms with E-state index in [1.165, 1.54) is 0 Å². The maximum Gasteiger partial charge on any atom is 0.228 e. The maximum absolute atomic E-state index is 13.0. The molecule has 0 aliphatic carbocycles. The SMILES string of the molecule is CC(C)[C@@H](C(=O)N[C@@H]1CCOc2ccccc21)c1ccc(Cl)cc1. The lowest BCUT2D eigenvalue weighted by molar-refractivity contribution is -0.124. The number of rotatable bonds is 4. The van der Waals surface area contributed by atoms with E-state index in [0.29, 0.717) is 11.6 Å². The summed E-state index contributed by atoms with van der Waals surface area (Å²) in [6.07, 6.45) is 0.786. The first-order chi connectivity index (χ1) is 11.6. The van der Waals surface area contributed by atoms with Crippen LogP contribution < -0.4 is 10.1 Å². The molecule has 1 amide bonds. The van der Waals surface area contributed by atoms with Gasteiger partial charge in [0.05, 0.1) is 18.6 Å². The summed E-state index contributed by atoms with van der Waals surface area (Å²) in [5, 5.41) is 3.90. The van der Waals surface area contributed by atoms with Gasteiger partial charge in [0.15, 0.2) is 0 Å². The van der Waals surface area contributed by atoms with E-state index in [1.54, 1.807) is 0 Å². The highest BCUT2D eigenvalue weighted by Crippen LogP contribution is 2.33. The third-order valence-corrected chi connectivity index (χ3v) is 4.71. The van der Waals surface area contributed by atoms with Gasteiger partial charge >= 0.3 is 0 Å². The van der Waals surface area contributed by atoms with Gasteiger partial charge in [-0.25, -0.2) is 0 Å². The van der Waals surface area contributed by atoms with E-state index in [-0.39, 0.29) is 23.8 Å². The molecular weight excluding hydrogens is 322 g/mol. The number of amides is 1. The molecule has 3 nitrogen and oxygen atoms in total. The Labute approximate surface area is 148 Å². The van der Waals surface area contributed by atoms with E-state index in [9.17, 15) is 4.79 Å². The summed E-state index contributed by atoms with van der Waals surface area (Å²) < 4.78 is 5.68. The summed E-state index contributed by atoms with van der Waals surface area (Å²) in [6, 6.07) is 15.4. The van der Waals surface area contributed by atoms with Crippen molar-refractivity contribution in [3.05, 3.63) is 64.7 Å². The molecule has 0 saturated heterocycles. The van der Waals surface area contributed by atoms with Gasteiger partial charge in [0.25, 0.3) is 0 Å². The minimum Gasteiger partial charge on any atom is -0.493 e. The number of benzene rings is 2. The van der Waals surface area contributed by atoms with Crippen LogP contribution in [0.25, 0.3) is 0 Å². The van der Waals surface area contributed by atoms with Crippen molar-refractivity contribution in [3.8, 4) is 5.75 Å². The Morgan fingerprint density at radius 2 is 1.88 bits per heavy atom. The zero-order valence-corrected chi connectivity index (χ0v) is 14.7. The quantitative estimate of drug-likeness (QED) is 0.872. The van der Waals surface area contributed by atoms with Crippen LogP contribution in [0.1, 0.15) is 43.4 Å². The number of fused-ring (bicyclic) bond motifs is 1. The average Bonchev–Trinajstić information content (AvgIpc) is 2.57. The van der Waals surface area contributed by atoms with Gasteiger partial charge in [0.2, 0.25) is 5.91 Å². The zero-order chi connectivity index (χ0) is 17.1. The molecule has 126 valence electrons. The molecule has 1 aliphatic heterocycles. The summed E-state index contributed by atoms with van der Waals surface area (Å²) in [7, 11) is 0. The first-order valence-corrected chi connectivity index (χ1v) is 8.71. The number of carbonyl (C=O) groups excluding carboxylic acids is 1. The molecule has 2 atom stereocenters. The lowest BCUT2D eigenvalue weighted by Crippen LogP contribution is -2.37. The fraction of sp³-hybridized carbons (Fsp3) is 0.350. The van der Waals surface area contributed by atoms with Crippen LogP contribution in [0.2, 0.25) is 5.02 Å². The van der Waals surface area contributed by atoms with E-state index in [0.717, 1.165) is 23.3 Å². The third kappa shape index (κ3) is 3.57. The number of ether oxygens (including phenoxy) is 1. The van der Waals surface area contributed by atoms with Gasteiger partial charge in [-0.15, -0.1) is 0 Å². The van der Waals surface area contributed by atoms with E-state index in [2.05, 4.69) is 19.2 Å². The monoisotopic (exact) mass is 343 g/mol. The van der Waals surface area contributed by atoms with Crippen LogP contribution in [0, 0.1) is 5.92 Å². The summed E-state index contributed by atoms with van der Waals surface area (Å²) in [5.74, 6) is 0.911. The Hall–Kier alpha value is -2.00. The second-order valence-corrected chi connectivity index (χ2v) is 6.95. The molecule has 0 saturated carbocycles. The molecular formula is C20H22ClNO2. The van der Waals surface area contributed by atoms with Crippen LogP contribution in [-0.2, 0) is 4.79 Å². The molecule has 2 aromatic rings. The standard InChI is InChI=1S/C20H22ClNO2/c1-13(2)19(14-7-9-15(21)10-8-14)20(23)22-17-11-12-24-18-6-4-3-5-16(17)18/h3-10,13,17,19H,11-12H2,1-2H3,(H,22,23)/t17-,19-/m1/s1. The van der Waals surface area contributed by atoms with Gasteiger partial charge in [-0.1, -0.05) is 55.8 Å². The normalized spacial score (nSPS) is 17.8. The van der Waals surface area contributed by atoms with Crippen LogP contribution in [0.5, 0.6) is 5.75 Å². The highest BCUT2D eigenvalue weighted by Gasteiger charge is 2.29. The van der Waals surface area contributed by atoms with Crippen molar-refractivity contribution in [1.82, 2.24) is 5.32 Å². The number of halogens is 1. The van der Waals surface area contributed by atoms with Gasteiger partial charge in [0.1, 0.15) is 5.75 Å². The largest absolute Gasteiger partial charge is 0.493 e. The molecule has 3 rings (SSSR count). The molecule has 1 N–H and O–H groups in total. The van der Waals surface area contributed by atoms with Crippen molar-refractivity contribution in [1.29, 1.82) is 0 Å². The van der Waals surface area contributed by atoms with E-state index in [4.69, 9.17) is 16.3 Å². The first-order valence-electron chi connectivity index (χ1n) is 8.34. The summed E-state index contributed by atoms with van der Waals surface area (Å²) in [5.41, 5.74) is 2.04. The highest BCUT2D eigenvalue weighted by atomic mass is 35.5. The fourth-order valence-corrected chi connectivity index (χ4v) is 3.39. The van der Waals surface area contributed by atoms with Crippen molar-refractivity contribution in [2.24, 2.45) is 5.92 Å². The highest BCUT2D eigenvalue weighted by molar-refractivity contribution is 6.30. The van der Waals surface area contributed by atoms with Gasteiger partial charge in [0, 0.05) is 17.0 Å². The molecule has 0 bridgehead atoms. The number of hydrogen-bond donors (Lipinski definition) is 1.